The number of aryl methyl sites for hydroxylation is 2. The summed E-state index contributed by atoms with van der Waals surface area (Å²) in [6.07, 6.45) is 2.03. The molecule has 2 aromatic carbocycles. The SMILES string of the molecule is Cc1cn(C)c2c(C(=O)OCc3ccccc3)cccc12. The number of aromatic nitrogens is 1. The van der Waals surface area contributed by atoms with Crippen molar-refractivity contribution in [2.75, 3.05) is 0 Å². The molecule has 1 aromatic heterocycles. The van der Waals surface area contributed by atoms with E-state index in [1.54, 1.807) is 0 Å². The van der Waals surface area contributed by atoms with Gasteiger partial charge < -0.3 is 9.30 Å². The fraction of sp³-hybridized carbons (Fsp3) is 0.167. The van der Waals surface area contributed by atoms with E-state index in [9.17, 15) is 4.79 Å². The second-order valence-electron chi connectivity index (χ2n) is 5.19. The maximum Gasteiger partial charge on any atom is 0.340 e. The third-order valence-corrected chi connectivity index (χ3v) is 3.63. The molecule has 3 heteroatoms. The van der Waals surface area contributed by atoms with Gasteiger partial charge in [-0.1, -0.05) is 42.5 Å². The summed E-state index contributed by atoms with van der Waals surface area (Å²) in [4.78, 5) is 12.4. The van der Waals surface area contributed by atoms with E-state index in [2.05, 4.69) is 0 Å². The van der Waals surface area contributed by atoms with Crippen molar-refractivity contribution in [1.82, 2.24) is 4.57 Å². The summed E-state index contributed by atoms with van der Waals surface area (Å²) in [5, 5.41) is 1.09. The Balaban J connectivity index is 1.88. The Morgan fingerprint density at radius 1 is 1.10 bits per heavy atom. The van der Waals surface area contributed by atoms with E-state index >= 15 is 0 Å². The highest BCUT2D eigenvalue weighted by atomic mass is 16.5. The molecule has 0 aliphatic rings. The summed E-state index contributed by atoms with van der Waals surface area (Å²) in [6.45, 7) is 2.33. The Morgan fingerprint density at radius 3 is 2.62 bits per heavy atom. The number of carbonyl (C=O) groups excluding carboxylic acids is 1. The van der Waals surface area contributed by atoms with Gasteiger partial charge in [0.25, 0.3) is 0 Å². The van der Waals surface area contributed by atoms with Crippen molar-refractivity contribution in [3.05, 3.63) is 71.4 Å². The zero-order valence-electron chi connectivity index (χ0n) is 12.2. The molecule has 0 spiro atoms. The van der Waals surface area contributed by atoms with Gasteiger partial charge in [-0.3, -0.25) is 0 Å². The van der Waals surface area contributed by atoms with Gasteiger partial charge in [-0.2, -0.15) is 0 Å². The minimum Gasteiger partial charge on any atom is -0.457 e. The summed E-state index contributed by atoms with van der Waals surface area (Å²) < 4.78 is 7.41. The first-order valence-corrected chi connectivity index (χ1v) is 6.92. The van der Waals surface area contributed by atoms with Crippen molar-refractivity contribution in [3.8, 4) is 0 Å². The number of para-hydroxylation sites is 1. The highest BCUT2D eigenvalue weighted by Crippen LogP contribution is 2.24. The lowest BCUT2D eigenvalue weighted by molar-refractivity contribution is 0.0474. The lowest BCUT2D eigenvalue weighted by atomic mass is 10.1. The van der Waals surface area contributed by atoms with Crippen molar-refractivity contribution in [3.63, 3.8) is 0 Å². The number of ether oxygens (including phenoxy) is 1. The zero-order valence-corrected chi connectivity index (χ0v) is 12.2. The number of carbonyl (C=O) groups is 1. The summed E-state index contributed by atoms with van der Waals surface area (Å²) >= 11 is 0. The molecule has 0 unspecified atom stereocenters. The van der Waals surface area contributed by atoms with E-state index in [-0.39, 0.29) is 5.97 Å². The molecular formula is C18H17NO2. The topological polar surface area (TPSA) is 31.2 Å². The van der Waals surface area contributed by atoms with E-state index < -0.39 is 0 Å². The Labute approximate surface area is 123 Å². The molecule has 3 nitrogen and oxygen atoms in total. The zero-order chi connectivity index (χ0) is 14.8. The number of benzene rings is 2. The van der Waals surface area contributed by atoms with Gasteiger partial charge in [-0.25, -0.2) is 4.79 Å². The average Bonchev–Trinajstić information content (AvgIpc) is 2.81. The number of hydrogen-bond acceptors (Lipinski definition) is 2. The highest BCUT2D eigenvalue weighted by molar-refractivity contribution is 6.04. The highest BCUT2D eigenvalue weighted by Gasteiger charge is 2.15. The maximum atomic E-state index is 12.4. The molecule has 106 valence electrons. The van der Waals surface area contributed by atoms with E-state index in [1.807, 2.05) is 73.3 Å². The van der Waals surface area contributed by atoms with Gasteiger partial charge in [0.15, 0.2) is 0 Å². The van der Waals surface area contributed by atoms with E-state index in [4.69, 9.17) is 4.74 Å². The Bertz CT molecular complexity index is 788. The molecule has 1 heterocycles. The number of fused-ring (bicyclic) bond motifs is 1. The van der Waals surface area contributed by atoms with Crippen LogP contribution >= 0.6 is 0 Å². The predicted molar refractivity (Wildman–Crippen MR) is 83.2 cm³/mol. The molecule has 0 fully saturated rings. The molecule has 0 saturated carbocycles. The van der Waals surface area contributed by atoms with Crippen LogP contribution in [0, 0.1) is 6.92 Å². The monoisotopic (exact) mass is 279 g/mol. The first-order chi connectivity index (χ1) is 10.2. The fourth-order valence-electron chi connectivity index (χ4n) is 2.63. The molecule has 0 amide bonds. The van der Waals surface area contributed by atoms with Crippen LogP contribution in [0.15, 0.2) is 54.7 Å². The molecule has 3 rings (SSSR count). The van der Waals surface area contributed by atoms with Crippen molar-refractivity contribution < 1.29 is 9.53 Å². The standard InChI is InChI=1S/C18H17NO2/c1-13-11-19(2)17-15(13)9-6-10-16(17)18(20)21-12-14-7-4-3-5-8-14/h3-11H,12H2,1-2H3. The number of nitrogens with zero attached hydrogens (tertiary/aromatic N) is 1. The minimum atomic E-state index is -0.286. The van der Waals surface area contributed by atoms with Gasteiger partial charge in [-0.05, 0) is 24.1 Å². The number of hydrogen-bond donors (Lipinski definition) is 0. The fourth-order valence-corrected chi connectivity index (χ4v) is 2.63. The lowest BCUT2D eigenvalue weighted by Crippen LogP contribution is -2.07. The largest absolute Gasteiger partial charge is 0.457 e. The van der Waals surface area contributed by atoms with Gasteiger partial charge in [0.05, 0.1) is 11.1 Å². The minimum absolute atomic E-state index is 0.286. The molecule has 0 atom stereocenters. The molecule has 0 bridgehead atoms. The van der Waals surface area contributed by atoms with Crippen molar-refractivity contribution in [2.45, 2.75) is 13.5 Å². The molecule has 0 radical (unpaired) electrons. The van der Waals surface area contributed by atoms with E-state index in [0.717, 1.165) is 22.0 Å². The Hall–Kier alpha value is -2.55. The predicted octanol–water partition coefficient (Wildman–Crippen LogP) is 3.84. The molecule has 0 N–H and O–H groups in total. The summed E-state index contributed by atoms with van der Waals surface area (Å²) in [5.41, 5.74) is 3.68. The van der Waals surface area contributed by atoms with E-state index in [1.165, 1.54) is 0 Å². The third-order valence-electron chi connectivity index (χ3n) is 3.63. The Kier molecular flexibility index (Phi) is 3.48. The molecule has 21 heavy (non-hydrogen) atoms. The average molecular weight is 279 g/mol. The van der Waals surface area contributed by atoms with Crippen molar-refractivity contribution in [2.24, 2.45) is 7.05 Å². The molecule has 3 aromatic rings. The van der Waals surface area contributed by atoms with Crippen molar-refractivity contribution in [1.29, 1.82) is 0 Å². The second kappa shape index (κ2) is 5.44. The van der Waals surface area contributed by atoms with Crippen LogP contribution in [0.1, 0.15) is 21.5 Å². The molecule has 0 aliphatic heterocycles. The number of esters is 1. The van der Waals surface area contributed by atoms with Crippen LogP contribution in [0.4, 0.5) is 0 Å². The molecule has 0 aliphatic carbocycles. The quantitative estimate of drug-likeness (QED) is 0.682. The lowest BCUT2D eigenvalue weighted by Gasteiger charge is -2.07. The van der Waals surface area contributed by atoms with Gasteiger partial charge in [0.2, 0.25) is 0 Å². The van der Waals surface area contributed by atoms with Crippen LogP contribution < -0.4 is 0 Å². The smallest absolute Gasteiger partial charge is 0.340 e. The van der Waals surface area contributed by atoms with Gasteiger partial charge in [-0.15, -0.1) is 0 Å². The summed E-state index contributed by atoms with van der Waals surface area (Å²) in [7, 11) is 1.95. The van der Waals surface area contributed by atoms with E-state index in [0.29, 0.717) is 12.2 Å². The van der Waals surface area contributed by atoms with Gasteiger partial charge in [0, 0.05) is 18.6 Å². The first-order valence-electron chi connectivity index (χ1n) is 6.92. The first kappa shape index (κ1) is 13.4. The van der Waals surface area contributed by atoms with Crippen LogP contribution in [-0.4, -0.2) is 10.5 Å². The third kappa shape index (κ3) is 2.55. The summed E-state index contributed by atoms with van der Waals surface area (Å²) in [5.74, 6) is -0.286. The van der Waals surface area contributed by atoms with Crippen LogP contribution in [0.5, 0.6) is 0 Å². The Morgan fingerprint density at radius 2 is 1.86 bits per heavy atom. The van der Waals surface area contributed by atoms with Gasteiger partial charge in [0.1, 0.15) is 6.61 Å². The van der Waals surface area contributed by atoms with Gasteiger partial charge >= 0.3 is 5.97 Å². The van der Waals surface area contributed by atoms with Crippen LogP contribution in [0.25, 0.3) is 10.9 Å². The molecular weight excluding hydrogens is 262 g/mol. The second-order valence-corrected chi connectivity index (χ2v) is 5.19. The molecule has 0 saturated heterocycles. The maximum absolute atomic E-state index is 12.4. The number of rotatable bonds is 3. The van der Waals surface area contributed by atoms with Crippen LogP contribution in [0.3, 0.4) is 0 Å². The normalized spacial score (nSPS) is 10.8. The summed E-state index contributed by atoms with van der Waals surface area (Å²) in [6, 6.07) is 15.4. The van der Waals surface area contributed by atoms with Crippen LogP contribution in [-0.2, 0) is 18.4 Å². The van der Waals surface area contributed by atoms with Crippen LogP contribution in [0.2, 0.25) is 0 Å². The van der Waals surface area contributed by atoms with Crippen molar-refractivity contribution >= 4 is 16.9 Å².